The van der Waals surface area contributed by atoms with Crippen LogP contribution in [0.4, 0.5) is 10.1 Å². The lowest BCUT2D eigenvalue weighted by molar-refractivity contribution is -0.136. The molecule has 0 spiro atoms. The van der Waals surface area contributed by atoms with Gasteiger partial charge in [-0.05, 0) is 57.6 Å². The Morgan fingerprint density at radius 2 is 1.87 bits per heavy atom. The fourth-order valence-corrected chi connectivity index (χ4v) is 3.05. The van der Waals surface area contributed by atoms with E-state index in [4.69, 9.17) is 0 Å². The summed E-state index contributed by atoms with van der Waals surface area (Å²) in [6.07, 6.45) is 4.29. The number of hydrogen-bond donors (Lipinski definition) is 2. The number of hydrogen-bond acceptors (Lipinski definition) is 3. The zero-order valence-corrected chi connectivity index (χ0v) is 13.9. The number of nitrogens with zero attached hydrogens (tertiary/aromatic N) is 1. The summed E-state index contributed by atoms with van der Waals surface area (Å²) in [6, 6.07) is 4.20. The van der Waals surface area contributed by atoms with Crippen LogP contribution in [-0.2, 0) is 9.59 Å². The maximum absolute atomic E-state index is 13.2. The van der Waals surface area contributed by atoms with Crippen molar-refractivity contribution < 1.29 is 14.0 Å². The summed E-state index contributed by atoms with van der Waals surface area (Å²) in [5, 5.41) is 5.22. The standard InChI is InChI=1S/C17H24FN3O2/c1-12-10-13(6-7-14(12)18)20-16(23)15(22)19-11-17(21(2)3)8-4-5-9-17/h6-7,10H,4-5,8-9,11H2,1-3H3,(H,19,22)(H,20,23). The lowest BCUT2D eigenvalue weighted by Gasteiger charge is -2.36. The van der Waals surface area contributed by atoms with Crippen LogP contribution in [-0.4, -0.2) is 42.9 Å². The van der Waals surface area contributed by atoms with Crippen LogP contribution < -0.4 is 10.6 Å². The third kappa shape index (κ3) is 4.07. The minimum atomic E-state index is -0.733. The van der Waals surface area contributed by atoms with Gasteiger partial charge < -0.3 is 15.5 Å². The molecule has 1 aliphatic carbocycles. The predicted octanol–water partition coefficient (Wildman–Crippen LogP) is 2.06. The molecule has 1 saturated carbocycles. The van der Waals surface area contributed by atoms with Gasteiger partial charge in [-0.1, -0.05) is 12.8 Å². The van der Waals surface area contributed by atoms with E-state index >= 15 is 0 Å². The van der Waals surface area contributed by atoms with Crippen molar-refractivity contribution in [1.29, 1.82) is 0 Å². The number of halogens is 1. The summed E-state index contributed by atoms with van der Waals surface area (Å²) in [5.41, 5.74) is 0.760. The predicted molar refractivity (Wildman–Crippen MR) is 87.7 cm³/mol. The van der Waals surface area contributed by atoms with E-state index in [0.29, 0.717) is 17.8 Å². The molecule has 1 aromatic rings. The van der Waals surface area contributed by atoms with Gasteiger partial charge in [0.25, 0.3) is 0 Å². The van der Waals surface area contributed by atoms with Gasteiger partial charge in [-0.3, -0.25) is 9.59 Å². The molecule has 6 heteroatoms. The van der Waals surface area contributed by atoms with E-state index in [9.17, 15) is 14.0 Å². The Balaban J connectivity index is 1.92. The molecule has 1 aromatic carbocycles. The van der Waals surface area contributed by atoms with Crippen LogP contribution in [0.15, 0.2) is 18.2 Å². The van der Waals surface area contributed by atoms with Gasteiger partial charge in [-0.15, -0.1) is 0 Å². The Kier molecular flexibility index (Phi) is 5.36. The van der Waals surface area contributed by atoms with Gasteiger partial charge in [-0.25, -0.2) is 4.39 Å². The SMILES string of the molecule is Cc1cc(NC(=O)C(=O)NCC2(N(C)C)CCCC2)ccc1F. The molecule has 0 atom stereocenters. The number of nitrogens with one attached hydrogen (secondary N) is 2. The Morgan fingerprint density at radius 3 is 2.43 bits per heavy atom. The lowest BCUT2D eigenvalue weighted by Crippen LogP contribution is -2.52. The second-order valence-corrected chi connectivity index (χ2v) is 6.43. The van der Waals surface area contributed by atoms with Crippen molar-refractivity contribution in [3.63, 3.8) is 0 Å². The van der Waals surface area contributed by atoms with Crippen molar-refractivity contribution in [2.75, 3.05) is 26.0 Å². The third-order valence-electron chi connectivity index (χ3n) is 4.68. The summed E-state index contributed by atoms with van der Waals surface area (Å²) in [7, 11) is 4.00. The van der Waals surface area contributed by atoms with Gasteiger partial charge in [-0.2, -0.15) is 0 Å². The first-order valence-corrected chi connectivity index (χ1v) is 7.87. The highest BCUT2D eigenvalue weighted by Gasteiger charge is 2.36. The van der Waals surface area contributed by atoms with E-state index in [1.54, 1.807) is 6.92 Å². The summed E-state index contributed by atoms with van der Waals surface area (Å²) < 4.78 is 13.2. The number of likely N-dealkylation sites (N-methyl/N-ethyl adjacent to an activating group) is 1. The zero-order chi connectivity index (χ0) is 17.0. The average molecular weight is 321 g/mol. The number of carbonyl (C=O) groups excluding carboxylic acids is 2. The number of aryl methyl sites for hydroxylation is 1. The first-order chi connectivity index (χ1) is 10.8. The maximum atomic E-state index is 13.2. The molecular formula is C17H24FN3O2. The topological polar surface area (TPSA) is 61.4 Å². The summed E-state index contributed by atoms with van der Waals surface area (Å²) >= 11 is 0. The Morgan fingerprint density at radius 1 is 1.22 bits per heavy atom. The van der Waals surface area contributed by atoms with Gasteiger partial charge in [0.2, 0.25) is 0 Å². The molecule has 0 saturated heterocycles. The Hall–Kier alpha value is -1.95. The molecule has 0 bridgehead atoms. The number of benzene rings is 1. The molecule has 2 N–H and O–H groups in total. The van der Waals surface area contributed by atoms with Gasteiger partial charge >= 0.3 is 11.8 Å². The second-order valence-electron chi connectivity index (χ2n) is 6.43. The minimum Gasteiger partial charge on any atom is -0.346 e. The van der Waals surface area contributed by atoms with Crippen LogP contribution in [0.1, 0.15) is 31.2 Å². The highest BCUT2D eigenvalue weighted by Crippen LogP contribution is 2.33. The molecule has 1 fully saturated rings. The van der Waals surface area contributed by atoms with Crippen LogP contribution >= 0.6 is 0 Å². The highest BCUT2D eigenvalue weighted by molar-refractivity contribution is 6.39. The maximum Gasteiger partial charge on any atom is 0.313 e. The average Bonchev–Trinajstić information content (AvgIpc) is 2.99. The molecular weight excluding hydrogens is 297 g/mol. The fraction of sp³-hybridized carbons (Fsp3) is 0.529. The van der Waals surface area contributed by atoms with Crippen molar-refractivity contribution >= 4 is 17.5 Å². The zero-order valence-electron chi connectivity index (χ0n) is 13.9. The molecule has 5 nitrogen and oxygen atoms in total. The molecule has 2 amide bonds. The van der Waals surface area contributed by atoms with Crippen molar-refractivity contribution in [2.45, 2.75) is 38.1 Å². The number of rotatable bonds is 4. The number of carbonyl (C=O) groups is 2. The number of anilines is 1. The molecule has 0 radical (unpaired) electrons. The van der Waals surface area contributed by atoms with Crippen LogP contribution in [0.3, 0.4) is 0 Å². The fourth-order valence-electron chi connectivity index (χ4n) is 3.05. The van der Waals surface area contributed by atoms with E-state index in [0.717, 1.165) is 25.7 Å². The van der Waals surface area contributed by atoms with E-state index in [-0.39, 0.29) is 11.4 Å². The molecule has 2 rings (SSSR count). The van der Waals surface area contributed by atoms with E-state index in [2.05, 4.69) is 15.5 Å². The monoisotopic (exact) mass is 321 g/mol. The van der Waals surface area contributed by atoms with Crippen molar-refractivity contribution in [3.05, 3.63) is 29.6 Å². The summed E-state index contributed by atoms with van der Waals surface area (Å²) in [5.74, 6) is -1.75. The minimum absolute atomic E-state index is 0.0671. The Labute approximate surface area is 136 Å². The normalized spacial score (nSPS) is 16.4. The molecule has 126 valence electrons. The molecule has 23 heavy (non-hydrogen) atoms. The number of amides is 2. The van der Waals surface area contributed by atoms with E-state index < -0.39 is 11.8 Å². The lowest BCUT2D eigenvalue weighted by atomic mass is 9.96. The van der Waals surface area contributed by atoms with Crippen molar-refractivity contribution in [2.24, 2.45) is 0 Å². The van der Waals surface area contributed by atoms with Crippen LogP contribution in [0.5, 0.6) is 0 Å². The smallest absolute Gasteiger partial charge is 0.313 e. The van der Waals surface area contributed by atoms with E-state index in [1.807, 2.05) is 14.1 Å². The van der Waals surface area contributed by atoms with Crippen molar-refractivity contribution in [1.82, 2.24) is 10.2 Å². The van der Waals surface area contributed by atoms with Gasteiger partial charge in [0.15, 0.2) is 0 Å². The van der Waals surface area contributed by atoms with E-state index in [1.165, 1.54) is 18.2 Å². The molecule has 0 aliphatic heterocycles. The second kappa shape index (κ2) is 7.08. The van der Waals surface area contributed by atoms with Crippen LogP contribution in [0, 0.1) is 12.7 Å². The summed E-state index contributed by atoms with van der Waals surface area (Å²) in [6.45, 7) is 2.06. The van der Waals surface area contributed by atoms with Gasteiger partial charge in [0, 0.05) is 17.8 Å². The van der Waals surface area contributed by atoms with Gasteiger partial charge in [0.05, 0.1) is 0 Å². The third-order valence-corrected chi connectivity index (χ3v) is 4.68. The largest absolute Gasteiger partial charge is 0.346 e. The first kappa shape index (κ1) is 17.4. The molecule has 0 unspecified atom stereocenters. The molecule has 1 aliphatic rings. The Bertz CT molecular complexity index is 596. The summed E-state index contributed by atoms with van der Waals surface area (Å²) in [4.78, 5) is 26.1. The molecule has 0 aromatic heterocycles. The van der Waals surface area contributed by atoms with Crippen LogP contribution in [0.25, 0.3) is 0 Å². The molecule has 0 heterocycles. The van der Waals surface area contributed by atoms with Crippen molar-refractivity contribution in [3.8, 4) is 0 Å². The first-order valence-electron chi connectivity index (χ1n) is 7.87. The van der Waals surface area contributed by atoms with Gasteiger partial charge in [0.1, 0.15) is 5.82 Å². The van der Waals surface area contributed by atoms with Crippen LogP contribution in [0.2, 0.25) is 0 Å². The quantitative estimate of drug-likeness (QED) is 0.835. The highest BCUT2D eigenvalue weighted by atomic mass is 19.1.